The van der Waals surface area contributed by atoms with E-state index in [2.05, 4.69) is 4.40 Å². The molecule has 24 heavy (non-hydrogen) atoms. The monoisotopic (exact) mass is 351 g/mol. The fraction of sp³-hybridized carbons (Fsp3) is 0.375. The Labute approximate surface area is 142 Å². The van der Waals surface area contributed by atoms with Crippen molar-refractivity contribution in [2.75, 3.05) is 27.2 Å². The third-order valence-corrected chi connectivity index (χ3v) is 5.14. The zero-order valence-corrected chi connectivity index (χ0v) is 15.0. The van der Waals surface area contributed by atoms with E-state index in [1.54, 1.807) is 29.2 Å². The molecule has 0 saturated carbocycles. The van der Waals surface area contributed by atoms with Crippen molar-refractivity contribution in [1.29, 1.82) is 0 Å². The highest BCUT2D eigenvalue weighted by molar-refractivity contribution is 7.88. The summed E-state index contributed by atoms with van der Waals surface area (Å²) in [7, 11) is -1.16. The molecule has 0 radical (unpaired) electrons. The number of ether oxygens (including phenoxy) is 1. The first-order valence-electron chi connectivity index (χ1n) is 7.58. The molecule has 7 nitrogen and oxygen atoms in total. The van der Waals surface area contributed by atoms with E-state index in [9.17, 15) is 13.2 Å². The maximum absolute atomic E-state index is 12.7. The summed E-state index contributed by atoms with van der Waals surface area (Å²) in [5, 5.41) is 0. The number of rotatable bonds is 5. The summed E-state index contributed by atoms with van der Waals surface area (Å²) in [4.78, 5) is 14.2. The zero-order chi connectivity index (χ0) is 17.9. The third kappa shape index (κ3) is 3.28. The van der Waals surface area contributed by atoms with Gasteiger partial charge in [-0.3, -0.25) is 4.79 Å². The molecular weight excluding hydrogens is 330 g/mol. The van der Waals surface area contributed by atoms with Crippen molar-refractivity contribution in [2.45, 2.75) is 13.8 Å². The second-order valence-electron chi connectivity index (χ2n) is 5.13. The molecule has 130 valence electrons. The van der Waals surface area contributed by atoms with Gasteiger partial charge in [0, 0.05) is 25.7 Å². The van der Waals surface area contributed by atoms with Crippen LogP contribution in [0, 0.1) is 0 Å². The smallest absolute Gasteiger partial charge is 0.345 e. The Bertz CT molecular complexity index is 795. The van der Waals surface area contributed by atoms with Crippen molar-refractivity contribution in [3.05, 3.63) is 41.6 Å². The molecular formula is C16H21N3O4S. The summed E-state index contributed by atoms with van der Waals surface area (Å²) in [5.41, 5.74) is 0.761. The summed E-state index contributed by atoms with van der Waals surface area (Å²) >= 11 is 0. The molecule has 0 aliphatic carbocycles. The number of nitrogens with zero attached hydrogens (tertiary/aromatic N) is 3. The Hall–Kier alpha value is -2.35. The Morgan fingerprint density at radius 2 is 1.88 bits per heavy atom. The van der Waals surface area contributed by atoms with E-state index in [0.717, 1.165) is 4.31 Å². The number of allylic oxidation sites excluding steroid dienone is 1. The Kier molecular flexibility index (Phi) is 5.28. The molecule has 0 fully saturated rings. The van der Waals surface area contributed by atoms with Gasteiger partial charge in [-0.1, -0.05) is 12.1 Å². The molecule has 1 aromatic carbocycles. The first-order chi connectivity index (χ1) is 11.4. The fourth-order valence-electron chi connectivity index (χ4n) is 2.41. The highest BCUT2D eigenvalue weighted by Crippen LogP contribution is 2.25. The molecule has 1 heterocycles. The van der Waals surface area contributed by atoms with Crippen molar-refractivity contribution in [1.82, 2.24) is 9.21 Å². The predicted octanol–water partition coefficient (Wildman–Crippen LogP) is 1.43. The molecule has 0 saturated heterocycles. The number of hydrogen-bond donors (Lipinski definition) is 0. The fourth-order valence-corrected chi connectivity index (χ4v) is 3.31. The number of amides is 1. The number of benzene rings is 1. The Balaban J connectivity index is 2.58. The van der Waals surface area contributed by atoms with Crippen LogP contribution in [0.2, 0.25) is 0 Å². The summed E-state index contributed by atoms with van der Waals surface area (Å²) in [5.74, 6) is 0.135. The minimum Gasteiger partial charge on any atom is -0.496 e. The van der Waals surface area contributed by atoms with Gasteiger partial charge in [0.1, 0.15) is 11.4 Å². The van der Waals surface area contributed by atoms with Gasteiger partial charge in [0.15, 0.2) is 0 Å². The molecule has 1 amide bonds. The van der Waals surface area contributed by atoms with E-state index in [1.165, 1.54) is 20.2 Å². The lowest BCUT2D eigenvalue weighted by Gasteiger charge is -2.28. The quantitative estimate of drug-likeness (QED) is 0.804. The van der Waals surface area contributed by atoms with Crippen LogP contribution in [0.5, 0.6) is 5.75 Å². The van der Waals surface area contributed by atoms with Crippen LogP contribution in [-0.2, 0) is 15.0 Å². The van der Waals surface area contributed by atoms with Crippen molar-refractivity contribution >= 4 is 21.8 Å². The molecule has 0 atom stereocenters. The van der Waals surface area contributed by atoms with E-state index >= 15 is 0 Å². The van der Waals surface area contributed by atoms with E-state index in [4.69, 9.17) is 4.74 Å². The van der Waals surface area contributed by atoms with Gasteiger partial charge < -0.3 is 9.64 Å². The molecule has 8 heteroatoms. The second kappa shape index (κ2) is 7.04. The van der Waals surface area contributed by atoms with Crippen LogP contribution in [0.1, 0.15) is 19.4 Å². The molecule has 0 N–H and O–H groups in total. The van der Waals surface area contributed by atoms with Gasteiger partial charge >= 0.3 is 10.2 Å². The Morgan fingerprint density at radius 1 is 1.25 bits per heavy atom. The number of likely N-dealkylation sites (N-methyl/N-ethyl adjacent to an activating group) is 2. The highest BCUT2D eigenvalue weighted by atomic mass is 32.2. The summed E-state index contributed by atoms with van der Waals surface area (Å²) in [6.07, 6.45) is 1.49. The van der Waals surface area contributed by atoms with Crippen molar-refractivity contribution < 1.29 is 17.9 Å². The number of methoxy groups -OCH3 is 1. The number of carbonyl (C=O) groups is 1. The lowest BCUT2D eigenvalue weighted by Crippen LogP contribution is -2.40. The Morgan fingerprint density at radius 3 is 2.46 bits per heavy atom. The highest BCUT2D eigenvalue weighted by Gasteiger charge is 2.32. The van der Waals surface area contributed by atoms with Gasteiger partial charge in [-0.2, -0.15) is 8.42 Å². The van der Waals surface area contributed by atoms with Crippen LogP contribution in [-0.4, -0.2) is 56.5 Å². The minimum absolute atomic E-state index is 0.0645. The number of para-hydroxylation sites is 1. The lowest BCUT2D eigenvalue weighted by atomic mass is 10.1. The summed E-state index contributed by atoms with van der Waals surface area (Å²) in [6, 6.07) is 6.94. The molecule has 2 rings (SSSR count). The number of hydrogen-bond acceptors (Lipinski definition) is 4. The maximum atomic E-state index is 12.7. The summed E-state index contributed by atoms with van der Waals surface area (Å²) < 4.78 is 34.7. The molecule has 1 aliphatic heterocycles. The average molecular weight is 351 g/mol. The number of carbonyl (C=O) groups excluding carboxylic acids is 1. The van der Waals surface area contributed by atoms with Crippen LogP contribution >= 0.6 is 0 Å². The van der Waals surface area contributed by atoms with Gasteiger partial charge in [-0.15, -0.1) is 4.40 Å². The average Bonchev–Trinajstić information content (AvgIpc) is 2.58. The first kappa shape index (κ1) is 18.0. The zero-order valence-electron chi connectivity index (χ0n) is 14.2. The van der Waals surface area contributed by atoms with Gasteiger partial charge in [0.2, 0.25) is 0 Å². The minimum atomic E-state index is -3.98. The standard InChI is InChI=1S/C16H21N3O4S/c1-5-19(6-2)16(20)14-11-13(17-24(21,22)18(14)3)12-9-7-8-10-15(12)23-4/h7-11H,5-6H2,1-4H3. The van der Waals surface area contributed by atoms with Crippen molar-refractivity contribution in [3.63, 3.8) is 0 Å². The van der Waals surface area contributed by atoms with Crippen LogP contribution in [0.4, 0.5) is 0 Å². The first-order valence-corrected chi connectivity index (χ1v) is 8.98. The molecule has 1 aromatic rings. The van der Waals surface area contributed by atoms with Crippen LogP contribution < -0.4 is 4.74 Å². The van der Waals surface area contributed by atoms with E-state index < -0.39 is 10.2 Å². The normalized spacial score (nSPS) is 16.2. The van der Waals surface area contributed by atoms with Crippen LogP contribution in [0.25, 0.3) is 0 Å². The molecule has 0 aromatic heterocycles. The SMILES string of the molecule is CCN(CC)C(=O)C1=CC(c2ccccc2OC)=NS(=O)(=O)N1C. The molecule has 0 spiro atoms. The van der Waals surface area contributed by atoms with E-state index in [1.807, 2.05) is 13.8 Å². The van der Waals surface area contributed by atoms with Gasteiger partial charge in [-0.25, -0.2) is 4.31 Å². The molecule has 0 unspecified atom stereocenters. The van der Waals surface area contributed by atoms with E-state index in [0.29, 0.717) is 24.4 Å². The summed E-state index contributed by atoms with van der Waals surface area (Å²) in [6.45, 7) is 4.66. The topological polar surface area (TPSA) is 79.3 Å². The molecule has 0 bridgehead atoms. The third-order valence-electron chi connectivity index (χ3n) is 3.83. The predicted molar refractivity (Wildman–Crippen MR) is 92.2 cm³/mol. The van der Waals surface area contributed by atoms with Gasteiger partial charge in [0.05, 0.1) is 12.8 Å². The second-order valence-corrected chi connectivity index (χ2v) is 6.76. The van der Waals surface area contributed by atoms with E-state index in [-0.39, 0.29) is 17.3 Å². The largest absolute Gasteiger partial charge is 0.496 e. The van der Waals surface area contributed by atoms with Crippen LogP contribution in [0.15, 0.2) is 40.4 Å². The van der Waals surface area contributed by atoms with Gasteiger partial charge in [0.25, 0.3) is 5.91 Å². The van der Waals surface area contributed by atoms with Crippen LogP contribution in [0.3, 0.4) is 0 Å². The van der Waals surface area contributed by atoms with Crippen molar-refractivity contribution in [3.8, 4) is 5.75 Å². The van der Waals surface area contributed by atoms with Crippen molar-refractivity contribution in [2.24, 2.45) is 4.40 Å². The molecule has 1 aliphatic rings. The van der Waals surface area contributed by atoms with Gasteiger partial charge in [-0.05, 0) is 32.1 Å². The maximum Gasteiger partial charge on any atom is 0.345 e. The lowest BCUT2D eigenvalue weighted by molar-refractivity contribution is -0.127.